The third kappa shape index (κ3) is 3.82. The average Bonchev–Trinajstić information content (AvgIpc) is 2.11. The summed E-state index contributed by atoms with van der Waals surface area (Å²) in [5.74, 6) is 0.252. The fraction of sp³-hybridized carbons (Fsp3) is 0.857. The highest BCUT2D eigenvalue weighted by atomic mass is 32.2. The van der Waals surface area contributed by atoms with Crippen molar-refractivity contribution < 1.29 is 14.2 Å². The molecule has 1 unspecified atom stereocenters. The van der Waals surface area contributed by atoms with Crippen molar-refractivity contribution >= 4 is 16.0 Å². The Morgan fingerprint density at radius 3 is 2.50 bits per heavy atom. The second-order valence-corrected chi connectivity index (χ2v) is 3.99. The van der Waals surface area contributed by atoms with E-state index in [0.717, 1.165) is 12.8 Å². The normalized spacial score (nSPS) is 12.6. The first-order chi connectivity index (χ1) is 5.63. The molecular formula is C7H15NO3S. The van der Waals surface area contributed by atoms with Crippen molar-refractivity contribution in [1.29, 1.82) is 0 Å². The molecule has 1 atom stereocenters. The largest absolute Gasteiger partial charge is 0.335 e. The lowest BCUT2D eigenvalue weighted by atomic mass is 10.3. The van der Waals surface area contributed by atoms with Crippen molar-refractivity contribution in [2.75, 3.05) is 12.3 Å². The van der Waals surface area contributed by atoms with Gasteiger partial charge in [0, 0.05) is 12.3 Å². The molecule has 0 bridgehead atoms. The number of nitrogens with zero attached hydrogens (tertiary/aromatic N) is 1. The molecule has 1 amide bonds. The smallest absolute Gasteiger partial charge is 0.285 e. The van der Waals surface area contributed by atoms with E-state index in [2.05, 4.69) is 0 Å². The van der Waals surface area contributed by atoms with Crippen molar-refractivity contribution in [3.8, 4) is 0 Å². The zero-order chi connectivity index (χ0) is 9.56. The fourth-order valence-corrected chi connectivity index (χ4v) is 1.21. The molecular weight excluding hydrogens is 178 g/mol. The topological polar surface area (TPSA) is 57.6 Å². The van der Waals surface area contributed by atoms with Gasteiger partial charge in [0.2, 0.25) is 0 Å². The van der Waals surface area contributed by atoms with E-state index in [4.69, 9.17) is 5.21 Å². The summed E-state index contributed by atoms with van der Waals surface area (Å²) < 4.78 is 10.9. The van der Waals surface area contributed by atoms with E-state index in [0.29, 0.717) is 5.06 Å². The van der Waals surface area contributed by atoms with Crippen LogP contribution in [0, 0.1) is 0 Å². The lowest BCUT2D eigenvalue weighted by Crippen LogP contribution is -2.30. The first-order valence-corrected chi connectivity index (χ1v) is 5.34. The van der Waals surface area contributed by atoms with Crippen molar-refractivity contribution in [2.24, 2.45) is 0 Å². The van der Waals surface area contributed by atoms with Gasteiger partial charge in [0.15, 0.2) is 0 Å². The van der Waals surface area contributed by atoms with Gasteiger partial charge in [0.05, 0.1) is 0 Å². The minimum atomic E-state index is -1.57. The van der Waals surface area contributed by atoms with Crippen LogP contribution >= 0.6 is 0 Å². The molecule has 0 aliphatic carbocycles. The maximum absolute atomic E-state index is 11.0. The number of carbonyl (C=O) groups excluding carboxylic acids is 1. The van der Waals surface area contributed by atoms with Gasteiger partial charge in [-0.2, -0.15) is 0 Å². The Hall–Kier alpha value is -0.420. The number of amides is 1. The lowest BCUT2D eigenvalue weighted by Gasteiger charge is -2.12. The van der Waals surface area contributed by atoms with Crippen molar-refractivity contribution in [1.82, 2.24) is 5.06 Å². The van der Waals surface area contributed by atoms with Gasteiger partial charge in [0.1, 0.15) is 10.8 Å². The maximum Gasteiger partial charge on any atom is 0.335 e. The van der Waals surface area contributed by atoms with E-state index < -0.39 is 16.0 Å². The third-order valence-electron chi connectivity index (χ3n) is 1.39. The van der Waals surface area contributed by atoms with E-state index in [1.807, 2.05) is 6.92 Å². The molecule has 0 fully saturated rings. The Balaban J connectivity index is 3.84. The molecule has 0 rings (SSSR count). The molecule has 12 heavy (non-hydrogen) atoms. The molecule has 0 aliphatic heterocycles. The van der Waals surface area contributed by atoms with Gasteiger partial charge in [0.25, 0.3) is 0 Å². The molecule has 0 heterocycles. The van der Waals surface area contributed by atoms with E-state index in [1.165, 1.54) is 0 Å². The van der Waals surface area contributed by atoms with Crippen LogP contribution in [0.2, 0.25) is 0 Å². The Morgan fingerprint density at radius 1 is 1.50 bits per heavy atom. The van der Waals surface area contributed by atoms with Crippen molar-refractivity contribution in [3.63, 3.8) is 0 Å². The molecule has 0 radical (unpaired) electrons. The van der Waals surface area contributed by atoms with Gasteiger partial charge in [-0.3, -0.25) is 10.0 Å². The minimum Gasteiger partial charge on any atom is -0.285 e. The van der Waals surface area contributed by atoms with Crippen LogP contribution in [-0.2, 0) is 10.8 Å². The molecule has 0 aliphatic rings. The summed E-state index contributed by atoms with van der Waals surface area (Å²) in [6.45, 7) is 3.86. The summed E-state index contributed by atoms with van der Waals surface area (Å²) in [7, 11) is -1.57. The van der Waals surface area contributed by atoms with Gasteiger partial charge < -0.3 is 0 Å². The summed E-state index contributed by atoms with van der Waals surface area (Å²) in [5, 5.41) is 8.90. The molecule has 0 aromatic rings. The summed E-state index contributed by atoms with van der Waals surface area (Å²) >= 11 is 0. The van der Waals surface area contributed by atoms with Gasteiger partial charge >= 0.3 is 5.24 Å². The van der Waals surface area contributed by atoms with Gasteiger partial charge in [-0.1, -0.05) is 20.3 Å². The Kier molecular flexibility index (Phi) is 5.92. The number of unbranched alkanes of at least 4 members (excludes halogenated alkanes) is 1. The number of hydrogen-bond donors (Lipinski definition) is 1. The highest BCUT2D eigenvalue weighted by Gasteiger charge is 2.15. The standard InChI is InChI=1S/C7H15NO3S/c1-3-5-6-8(10)7(9)12(11)4-2/h10H,3-6H2,1-2H3. The maximum atomic E-state index is 11.0. The Bertz CT molecular complexity index is 172. The second-order valence-electron chi connectivity index (χ2n) is 2.38. The van der Waals surface area contributed by atoms with Gasteiger partial charge in [-0.05, 0) is 6.42 Å². The molecule has 0 saturated carbocycles. The first kappa shape index (κ1) is 11.6. The SMILES string of the molecule is CCCCN(O)C(=O)S(=O)CC. The molecule has 0 saturated heterocycles. The first-order valence-electron chi connectivity index (χ1n) is 4.02. The number of hydroxylamine groups is 2. The monoisotopic (exact) mass is 193 g/mol. The zero-order valence-corrected chi connectivity index (χ0v) is 8.26. The summed E-state index contributed by atoms with van der Waals surface area (Å²) in [4.78, 5) is 11.0. The van der Waals surface area contributed by atoms with Gasteiger partial charge in [-0.15, -0.1) is 0 Å². The van der Waals surface area contributed by atoms with Crippen LogP contribution in [0.4, 0.5) is 4.79 Å². The highest BCUT2D eigenvalue weighted by molar-refractivity contribution is 8.00. The van der Waals surface area contributed by atoms with E-state index >= 15 is 0 Å². The van der Waals surface area contributed by atoms with Crippen LogP contribution in [0.1, 0.15) is 26.7 Å². The fourth-order valence-electron chi connectivity index (χ4n) is 0.640. The summed E-state index contributed by atoms with van der Waals surface area (Å²) in [6.07, 6.45) is 1.62. The van der Waals surface area contributed by atoms with Crippen LogP contribution in [0.3, 0.4) is 0 Å². The van der Waals surface area contributed by atoms with Crippen LogP contribution in [0.15, 0.2) is 0 Å². The van der Waals surface area contributed by atoms with E-state index in [1.54, 1.807) is 6.92 Å². The summed E-state index contributed by atoms with van der Waals surface area (Å²) in [5.41, 5.74) is 0. The van der Waals surface area contributed by atoms with E-state index in [9.17, 15) is 9.00 Å². The Morgan fingerprint density at radius 2 is 2.08 bits per heavy atom. The quantitative estimate of drug-likeness (QED) is 0.542. The minimum absolute atomic E-state index is 0.252. The van der Waals surface area contributed by atoms with Crippen molar-refractivity contribution in [2.45, 2.75) is 26.7 Å². The Labute approximate surface area is 75.0 Å². The predicted molar refractivity (Wildman–Crippen MR) is 47.5 cm³/mol. The average molecular weight is 193 g/mol. The predicted octanol–water partition coefficient (Wildman–Crippen LogP) is 1.37. The van der Waals surface area contributed by atoms with Crippen LogP contribution < -0.4 is 0 Å². The van der Waals surface area contributed by atoms with Crippen LogP contribution in [0.5, 0.6) is 0 Å². The van der Waals surface area contributed by atoms with Gasteiger partial charge in [-0.25, -0.2) is 9.27 Å². The molecule has 1 N–H and O–H groups in total. The zero-order valence-electron chi connectivity index (χ0n) is 7.45. The number of carbonyl (C=O) groups is 1. The summed E-state index contributed by atoms with van der Waals surface area (Å²) in [6, 6.07) is 0. The molecule has 0 spiro atoms. The molecule has 0 aromatic carbocycles. The van der Waals surface area contributed by atoms with Crippen LogP contribution in [0.25, 0.3) is 0 Å². The van der Waals surface area contributed by atoms with E-state index in [-0.39, 0.29) is 12.3 Å². The molecule has 72 valence electrons. The second kappa shape index (κ2) is 6.14. The van der Waals surface area contributed by atoms with Crippen molar-refractivity contribution in [3.05, 3.63) is 0 Å². The third-order valence-corrected chi connectivity index (χ3v) is 2.52. The van der Waals surface area contributed by atoms with Crippen LogP contribution in [-0.4, -0.2) is 32.0 Å². The molecule has 0 aromatic heterocycles. The highest BCUT2D eigenvalue weighted by Crippen LogP contribution is 1.97. The number of hydrogen-bond acceptors (Lipinski definition) is 3. The molecule has 5 heteroatoms. The number of rotatable bonds is 4. The molecule has 4 nitrogen and oxygen atoms in total. The lowest BCUT2D eigenvalue weighted by molar-refractivity contribution is -0.0324.